The van der Waals surface area contributed by atoms with Gasteiger partial charge in [0.05, 0.1) is 17.3 Å². The minimum absolute atomic E-state index is 0.00106. The van der Waals surface area contributed by atoms with Gasteiger partial charge in [0.25, 0.3) is 5.91 Å². The first-order chi connectivity index (χ1) is 11.6. The number of amides is 2. The van der Waals surface area contributed by atoms with Crippen LogP contribution in [0.5, 0.6) is 0 Å². The van der Waals surface area contributed by atoms with Crippen molar-refractivity contribution in [3.05, 3.63) is 65.7 Å². The fraction of sp³-hybridized carbons (Fsp3) is 0.300. The number of nitrogens with one attached hydrogen (secondary N) is 2. The molecule has 0 spiro atoms. The molecule has 0 radical (unpaired) electrons. The van der Waals surface area contributed by atoms with Crippen LogP contribution in [0.4, 0.5) is 5.69 Å². The van der Waals surface area contributed by atoms with Crippen molar-refractivity contribution in [2.24, 2.45) is 11.8 Å². The maximum Gasteiger partial charge on any atom is 0.253 e. The van der Waals surface area contributed by atoms with E-state index < -0.39 is 0 Å². The fourth-order valence-electron chi connectivity index (χ4n) is 2.80. The van der Waals surface area contributed by atoms with Crippen molar-refractivity contribution >= 4 is 17.5 Å². The summed E-state index contributed by atoms with van der Waals surface area (Å²) in [6.45, 7) is 4.00. The first-order valence-corrected chi connectivity index (χ1v) is 8.32. The molecule has 0 aromatic heterocycles. The highest BCUT2D eigenvalue weighted by atomic mass is 16.2. The Morgan fingerprint density at radius 3 is 2.33 bits per heavy atom. The molecule has 2 N–H and O–H groups in total. The predicted molar refractivity (Wildman–Crippen MR) is 94.7 cm³/mol. The van der Waals surface area contributed by atoms with Crippen LogP contribution in [-0.4, -0.2) is 11.8 Å². The number of rotatable bonds is 5. The lowest BCUT2D eigenvalue weighted by Crippen LogP contribution is -2.28. The van der Waals surface area contributed by atoms with Gasteiger partial charge in [-0.25, -0.2) is 0 Å². The van der Waals surface area contributed by atoms with E-state index in [1.54, 1.807) is 18.2 Å². The van der Waals surface area contributed by atoms with Gasteiger partial charge in [0.1, 0.15) is 0 Å². The maximum absolute atomic E-state index is 12.6. The fourth-order valence-corrected chi connectivity index (χ4v) is 2.80. The van der Waals surface area contributed by atoms with Gasteiger partial charge in [-0.15, -0.1) is 0 Å². The number of anilines is 1. The Balaban J connectivity index is 1.71. The SMILES string of the molecule is C[C@H](NC(=O)c1ccccc1NC(=O)[C@H]1C[C@H]1C)c1ccccc1. The molecule has 1 fully saturated rings. The summed E-state index contributed by atoms with van der Waals surface area (Å²) in [7, 11) is 0. The van der Waals surface area contributed by atoms with Gasteiger partial charge >= 0.3 is 0 Å². The number of para-hydroxylation sites is 1. The van der Waals surface area contributed by atoms with E-state index in [0.717, 1.165) is 12.0 Å². The van der Waals surface area contributed by atoms with Gasteiger partial charge in [-0.3, -0.25) is 9.59 Å². The van der Waals surface area contributed by atoms with Crippen LogP contribution in [0.25, 0.3) is 0 Å². The third-order valence-corrected chi connectivity index (χ3v) is 4.52. The first kappa shape index (κ1) is 16.2. The summed E-state index contributed by atoms with van der Waals surface area (Å²) < 4.78 is 0. The van der Waals surface area contributed by atoms with E-state index in [4.69, 9.17) is 0 Å². The summed E-state index contributed by atoms with van der Waals surface area (Å²) in [6, 6.07) is 16.8. The summed E-state index contributed by atoms with van der Waals surface area (Å²) in [5.74, 6) is 0.318. The Kier molecular flexibility index (Phi) is 4.65. The van der Waals surface area contributed by atoms with Crippen molar-refractivity contribution in [3.8, 4) is 0 Å². The van der Waals surface area contributed by atoms with Crippen LogP contribution in [-0.2, 0) is 4.79 Å². The second-order valence-electron chi connectivity index (χ2n) is 6.46. The van der Waals surface area contributed by atoms with Crippen molar-refractivity contribution in [3.63, 3.8) is 0 Å². The normalized spacial score (nSPS) is 20.1. The highest BCUT2D eigenvalue weighted by molar-refractivity contribution is 6.04. The largest absolute Gasteiger partial charge is 0.345 e. The Morgan fingerprint density at radius 2 is 1.67 bits per heavy atom. The number of benzene rings is 2. The molecule has 1 aliphatic carbocycles. The number of carbonyl (C=O) groups is 2. The molecule has 1 aliphatic rings. The quantitative estimate of drug-likeness (QED) is 0.880. The van der Waals surface area contributed by atoms with E-state index in [2.05, 4.69) is 17.6 Å². The number of hydrogen-bond donors (Lipinski definition) is 2. The zero-order valence-electron chi connectivity index (χ0n) is 14.0. The molecule has 1 saturated carbocycles. The molecule has 0 heterocycles. The molecule has 0 saturated heterocycles. The van der Waals surface area contributed by atoms with E-state index in [1.165, 1.54) is 0 Å². The van der Waals surface area contributed by atoms with Gasteiger partial charge in [0, 0.05) is 5.92 Å². The average Bonchev–Trinajstić information content (AvgIpc) is 3.33. The average molecular weight is 322 g/mol. The van der Waals surface area contributed by atoms with Crippen LogP contribution in [0.1, 0.15) is 42.2 Å². The molecule has 3 atom stereocenters. The molecule has 0 aliphatic heterocycles. The number of hydrogen-bond acceptors (Lipinski definition) is 2. The Hall–Kier alpha value is -2.62. The van der Waals surface area contributed by atoms with Gasteiger partial charge in [-0.2, -0.15) is 0 Å². The number of carbonyl (C=O) groups excluding carboxylic acids is 2. The minimum atomic E-state index is -0.189. The summed E-state index contributed by atoms with van der Waals surface area (Å²) in [6.07, 6.45) is 0.922. The minimum Gasteiger partial charge on any atom is -0.345 e. The lowest BCUT2D eigenvalue weighted by Gasteiger charge is -2.16. The van der Waals surface area contributed by atoms with Crippen LogP contribution < -0.4 is 10.6 Å². The lowest BCUT2D eigenvalue weighted by molar-refractivity contribution is -0.117. The Bertz CT molecular complexity index is 742. The zero-order chi connectivity index (χ0) is 17.1. The lowest BCUT2D eigenvalue weighted by atomic mass is 10.1. The van der Waals surface area contributed by atoms with E-state index in [9.17, 15) is 9.59 Å². The predicted octanol–water partition coefficient (Wildman–Crippen LogP) is 3.77. The summed E-state index contributed by atoms with van der Waals surface area (Å²) >= 11 is 0. The van der Waals surface area contributed by atoms with Gasteiger partial charge in [0.15, 0.2) is 0 Å². The Labute approximate surface area is 142 Å². The van der Waals surface area contributed by atoms with Gasteiger partial charge in [-0.1, -0.05) is 49.4 Å². The molecule has 0 unspecified atom stereocenters. The van der Waals surface area contributed by atoms with Gasteiger partial charge in [0.2, 0.25) is 5.91 Å². The van der Waals surface area contributed by atoms with E-state index in [0.29, 0.717) is 17.2 Å². The molecule has 124 valence electrons. The summed E-state index contributed by atoms with van der Waals surface area (Å²) in [4.78, 5) is 24.8. The maximum atomic E-state index is 12.6. The molecule has 24 heavy (non-hydrogen) atoms. The van der Waals surface area contributed by atoms with Gasteiger partial charge in [-0.05, 0) is 37.0 Å². The standard InChI is InChI=1S/C20H22N2O2/c1-13-12-17(13)20(24)22-18-11-7-6-10-16(18)19(23)21-14(2)15-8-4-3-5-9-15/h3-11,13-14,17H,12H2,1-2H3,(H,21,23)(H,22,24)/t13-,14+,17+/m1/s1. The van der Waals surface area contributed by atoms with Crippen molar-refractivity contribution in [1.82, 2.24) is 5.32 Å². The van der Waals surface area contributed by atoms with E-state index in [1.807, 2.05) is 43.3 Å². The van der Waals surface area contributed by atoms with Crippen LogP contribution in [0.15, 0.2) is 54.6 Å². The van der Waals surface area contributed by atoms with Crippen LogP contribution in [0, 0.1) is 11.8 Å². The van der Waals surface area contributed by atoms with Crippen LogP contribution >= 0.6 is 0 Å². The van der Waals surface area contributed by atoms with Crippen molar-refractivity contribution < 1.29 is 9.59 Å². The molecule has 2 amide bonds. The molecule has 0 bridgehead atoms. The topological polar surface area (TPSA) is 58.2 Å². The van der Waals surface area contributed by atoms with Crippen molar-refractivity contribution in [2.75, 3.05) is 5.32 Å². The smallest absolute Gasteiger partial charge is 0.253 e. The van der Waals surface area contributed by atoms with Gasteiger partial charge < -0.3 is 10.6 Å². The summed E-state index contributed by atoms with van der Waals surface area (Å²) in [5, 5.41) is 5.89. The molecule has 2 aromatic carbocycles. The highest BCUT2D eigenvalue weighted by Crippen LogP contribution is 2.38. The summed E-state index contributed by atoms with van der Waals surface area (Å²) in [5.41, 5.74) is 2.10. The zero-order valence-corrected chi connectivity index (χ0v) is 14.0. The molecule has 2 aromatic rings. The second-order valence-corrected chi connectivity index (χ2v) is 6.46. The van der Waals surface area contributed by atoms with Crippen molar-refractivity contribution in [2.45, 2.75) is 26.3 Å². The molecule has 4 heteroatoms. The molecule has 4 nitrogen and oxygen atoms in total. The molecule has 3 rings (SSSR count). The molecular formula is C20H22N2O2. The van der Waals surface area contributed by atoms with E-state index in [-0.39, 0.29) is 23.8 Å². The molecular weight excluding hydrogens is 300 g/mol. The highest BCUT2D eigenvalue weighted by Gasteiger charge is 2.39. The first-order valence-electron chi connectivity index (χ1n) is 8.32. The van der Waals surface area contributed by atoms with Crippen molar-refractivity contribution in [1.29, 1.82) is 0 Å². The van der Waals surface area contributed by atoms with E-state index >= 15 is 0 Å². The third kappa shape index (κ3) is 3.65. The Morgan fingerprint density at radius 1 is 1.04 bits per heavy atom. The van der Waals surface area contributed by atoms with Crippen LogP contribution in [0.2, 0.25) is 0 Å². The monoisotopic (exact) mass is 322 g/mol. The third-order valence-electron chi connectivity index (χ3n) is 4.52. The van der Waals surface area contributed by atoms with Crippen LogP contribution in [0.3, 0.4) is 0 Å². The second kappa shape index (κ2) is 6.87.